The number of aromatic nitrogens is 8. The zero-order valence-corrected chi connectivity index (χ0v) is 76.9. The average Bonchev–Trinajstić information content (AvgIpc) is 1.56. The van der Waals surface area contributed by atoms with E-state index in [1.54, 1.807) is 0 Å². The van der Waals surface area contributed by atoms with Crippen molar-refractivity contribution >= 4 is 93.8 Å². The Bertz CT molecular complexity index is 8780. The summed E-state index contributed by atoms with van der Waals surface area (Å²) in [6.45, 7) is 0. The van der Waals surface area contributed by atoms with Crippen LogP contribution >= 0.6 is 0 Å². The molecule has 0 saturated carbocycles. The first-order valence-electron chi connectivity index (χ1n) is 47.7. The fourth-order valence-corrected chi connectivity index (χ4v) is 19.8. The molecular formula is C132H89N9. The monoisotopic (exact) mass is 1800 g/mol. The normalized spacial score (nSPS) is 11.3. The molecule has 0 aliphatic heterocycles. The summed E-state index contributed by atoms with van der Waals surface area (Å²) in [5, 5.41) is 4.99. The van der Waals surface area contributed by atoms with Gasteiger partial charge in [-0.15, -0.1) is 0 Å². The lowest BCUT2D eigenvalue weighted by Crippen LogP contribution is -2.12. The van der Waals surface area contributed by atoms with Gasteiger partial charge in [0.15, 0.2) is 0 Å². The number of rotatable bonds is 17. The van der Waals surface area contributed by atoms with E-state index >= 15 is 0 Å². The van der Waals surface area contributed by atoms with E-state index in [0.717, 1.165) is 151 Å². The second-order valence-electron chi connectivity index (χ2n) is 35.1. The number of fused-ring (bicyclic) bond motifs is 9. The van der Waals surface area contributed by atoms with Crippen molar-refractivity contribution in [3.63, 3.8) is 0 Å². The zero-order valence-electron chi connectivity index (χ0n) is 76.9. The number of anilines is 3. The van der Waals surface area contributed by atoms with Gasteiger partial charge in [-0.25, -0.2) is 29.9 Å². The molecule has 0 bridgehead atoms. The summed E-state index contributed by atoms with van der Waals surface area (Å²) in [5.74, 6) is 0. The molecule has 0 atom stereocenters. The van der Waals surface area contributed by atoms with Gasteiger partial charge in [-0.3, -0.25) is 0 Å². The third-order valence-corrected chi connectivity index (χ3v) is 26.5. The van der Waals surface area contributed by atoms with Crippen molar-refractivity contribution in [2.75, 3.05) is 4.90 Å². The van der Waals surface area contributed by atoms with Crippen LogP contribution in [0.25, 0.3) is 222 Å². The highest BCUT2D eigenvalue weighted by molar-refractivity contribution is 6.13. The summed E-state index contributed by atoms with van der Waals surface area (Å²) >= 11 is 0. The molecule has 662 valence electrons. The molecule has 141 heavy (non-hydrogen) atoms. The molecular weight excluding hydrogens is 1710 g/mol. The molecule has 9 nitrogen and oxygen atoms in total. The largest absolute Gasteiger partial charge is 0.309 e. The van der Waals surface area contributed by atoms with Gasteiger partial charge in [0.1, 0.15) is 0 Å². The standard InChI is InChI=1S/C56H39N3.C44H29N3.C32H21N3/c1-4-20-40(21-5-1)45-26-10-12-28-47(45)49-30-14-18-34-53(49)59(54-35-19-15-31-50(54)48-29-13-11-27-46(48)41-22-6-2-7-23-41)44-38-36-43(37-39-44)56-55(42-24-8-3-9-25-42)57-51-32-16-17-33-52(51)58-56;1-4-12-30(13-5-1)34-22-26-41-37(28-34)38-29-35(31-14-6-2-7-15-31)23-27-42(38)47(41)36-24-20-33(21-25-36)44-43(32-16-8-3-9-17-32)45-39-18-10-11-19-40(39)46-44;1-2-10-22(11-3-1)31-32(34-28-15-7-6-14-27(28)33-31)23-18-20-24(21-19-23)35-29-16-8-4-12-25(29)26-13-5-9-17-30(26)35/h1-39H;1-29H;1-21H. The van der Waals surface area contributed by atoms with Crippen molar-refractivity contribution in [3.8, 4) is 146 Å². The van der Waals surface area contributed by atoms with E-state index in [-0.39, 0.29) is 0 Å². The summed E-state index contributed by atoms with van der Waals surface area (Å²) in [5.41, 5.74) is 41.1. The molecule has 0 fully saturated rings. The van der Waals surface area contributed by atoms with Crippen LogP contribution < -0.4 is 4.90 Å². The summed E-state index contributed by atoms with van der Waals surface area (Å²) < 4.78 is 4.71. The van der Waals surface area contributed by atoms with Crippen molar-refractivity contribution in [1.82, 2.24) is 39.0 Å². The second kappa shape index (κ2) is 38.1. The molecule has 26 rings (SSSR count). The van der Waals surface area contributed by atoms with Crippen molar-refractivity contribution < 1.29 is 0 Å². The average molecular weight is 1800 g/mol. The van der Waals surface area contributed by atoms with Crippen molar-refractivity contribution in [1.29, 1.82) is 0 Å². The lowest BCUT2D eigenvalue weighted by Gasteiger charge is -2.31. The Morgan fingerprint density at radius 3 is 0.674 bits per heavy atom. The lowest BCUT2D eigenvalue weighted by atomic mass is 9.91. The Labute approximate surface area is 817 Å². The number of para-hydroxylation sites is 10. The Morgan fingerprint density at radius 2 is 0.362 bits per heavy atom. The summed E-state index contributed by atoms with van der Waals surface area (Å²) in [6.07, 6.45) is 0. The predicted molar refractivity (Wildman–Crippen MR) is 587 cm³/mol. The zero-order chi connectivity index (χ0) is 93.7. The van der Waals surface area contributed by atoms with Crippen LogP contribution in [0.3, 0.4) is 0 Å². The van der Waals surface area contributed by atoms with Crippen LogP contribution in [0, 0.1) is 0 Å². The van der Waals surface area contributed by atoms with Crippen molar-refractivity contribution in [3.05, 3.63) is 540 Å². The smallest absolute Gasteiger partial charge is 0.0973 e. The van der Waals surface area contributed by atoms with Gasteiger partial charge in [0.2, 0.25) is 0 Å². The highest BCUT2D eigenvalue weighted by Gasteiger charge is 2.26. The van der Waals surface area contributed by atoms with Gasteiger partial charge < -0.3 is 14.0 Å². The molecule has 21 aromatic carbocycles. The van der Waals surface area contributed by atoms with E-state index in [1.165, 1.54) is 88.1 Å². The minimum atomic E-state index is 0.849. The number of benzene rings is 21. The maximum atomic E-state index is 5.22. The summed E-state index contributed by atoms with van der Waals surface area (Å²) in [7, 11) is 0. The molecule has 9 heteroatoms. The third-order valence-electron chi connectivity index (χ3n) is 26.5. The summed E-state index contributed by atoms with van der Waals surface area (Å²) in [6, 6.07) is 190. The van der Waals surface area contributed by atoms with E-state index in [1.807, 2.05) is 115 Å². The molecule has 0 spiro atoms. The van der Waals surface area contributed by atoms with E-state index < -0.39 is 0 Å². The van der Waals surface area contributed by atoms with Gasteiger partial charge in [-0.1, -0.05) is 419 Å². The first kappa shape index (κ1) is 85.0. The molecule has 5 aromatic heterocycles. The molecule has 0 aliphatic rings. The molecule has 0 saturated heterocycles. The fraction of sp³-hybridized carbons (Fsp3) is 0. The van der Waals surface area contributed by atoms with Crippen molar-refractivity contribution in [2.24, 2.45) is 0 Å². The Hall–Kier alpha value is -19.0. The molecule has 5 heterocycles. The minimum absolute atomic E-state index is 0.849. The van der Waals surface area contributed by atoms with Crippen molar-refractivity contribution in [2.45, 2.75) is 0 Å². The van der Waals surface area contributed by atoms with Crippen LogP contribution in [0.4, 0.5) is 17.1 Å². The van der Waals surface area contributed by atoms with Gasteiger partial charge in [-0.2, -0.15) is 0 Å². The van der Waals surface area contributed by atoms with E-state index in [4.69, 9.17) is 29.9 Å². The van der Waals surface area contributed by atoms with Gasteiger partial charge in [0.05, 0.1) is 101 Å². The Kier molecular flexibility index (Phi) is 22.9. The maximum Gasteiger partial charge on any atom is 0.0973 e. The molecule has 0 N–H and O–H groups in total. The first-order chi connectivity index (χ1) is 70.0. The number of nitrogens with zero attached hydrogens (tertiary/aromatic N) is 9. The highest BCUT2D eigenvalue weighted by Crippen LogP contribution is 2.50. The maximum absolute atomic E-state index is 5.22. The van der Waals surface area contributed by atoms with Crippen LogP contribution in [0.2, 0.25) is 0 Å². The van der Waals surface area contributed by atoms with Crippen LogP contribution in [0.15, 0.2) is 540 Å². The Balaban J connectivity index is 0.000000118. The quantitative estimate of drug-likeness (QED) is 0.0897. The third kappa shape index (κ3) is 16.7. The van der Waals surface area contributed by atoms with Crippen LogP contribution in [-0.2, 0) is 0 Å². The van der Waals surface area contributed by atoms with E-state index in [9.17, 15) is 0 Å². The van der Waals surface area contributed by atoms with Gasteiger partial charge in [0.25, 0.3) is 0 Å². The lowest BCUT2D eigenvalue weighted by molar-refractivity contribution is 1.18. The van der Waals surface area contributed by atoms with Crippen LogP contribution in [-0.4, -0.2) is 39.0 Å². The molecule has 0 amide bonds. The highest BCUT2D eigenvalue weighted by atomic mass is 15.1. The SMILES string of the molecule is c1ccc(-c2ccc3c(c2)c2cc(-c4ccccc4)ccc2n3-c2ccc(-c3nc4ccccc4nc3-c3ccccc3)cc2)cc1.c1ccc(-c2ccccc2-c2ccccc2N(c2ccc(-c3nc4ccccc4nc3-c3ccccc3)cc2)c2ccccc2-c2ccccc2-c2ccccc2)cc1.c1ccc(-c2nc3ccccc3nc2-c2ccc(-n3c4ccccc4c4ccccc43)cc2)cc1. The minimum Gasteiger partial charge on any atom is -0.309 e. The molecule has 0 radical (unpaired) electrons. The van der Waals surface area contributed by atoms with Gasteiger partial charge in [-0.05, 0) is 177 Å². The predicted octanol–water partition coefficient (Wildman–Crippen LogP) is 34.6. The Morgan fingerprint density at radius 1 is 0.142 bits per heavy atom. The molecule has 0 aliphatic carbocycles. The molecule has 26 aromatic rings. The topological polar surface area (TPSA) is 90.4 Å². The van der Waals surface area contributed by atoms with Gasteiger partial charge in [0, 0.05) is 83.1 Å². The second-order valence-corrected chi connectivity index (χ2v) is 35.1. The van der Waals surface area contributed by atoms with E-state index in [0.29, 0.717) is 0 Å². The molecule has 0 unspecified atom stereocenters. The van der Waals surface area contributed by atoms with Crippen LogP contribution in [0.1, 0.15) is 0 Å². The van der Waals surface area contributed by atoms with Gasteiger partial charge >= 0.3 is 0 Å². The fourth-order valence-electron chi connectivity index (χ4n) is 19.8. The number of hydrogen-bond donors (Lipinski definition) is 0. The van der Waals surface area contributed by atoms with Crippen LogP contribution in [0.5, 0.6) is 0 Å². The summed E-state index contributed by atoms with van der Waals surface area (Å²) in [4.78, 5) is 33.0. The number of hydrogen-bond acceptors (Lipinski definition) is 7. The first-order valence-corrected chi connectivity index (χ1v) is 47.7. The van der Waals surface area contributed by atoms with E-state index in [2.05, 4.69) is 439 Å².